The molecule has 0 radical (unpaired) electrons. The van der Waals surface area contributed by atoms with Crippen LogP contribution in [-0.4, -0.2) is 30.6 Å². The molecular weight excluding hydrogens is 208 g/mol. The Balaban J connectivity index is 1.93. The zero-order chi connectivity index (χ0) is 12.3. The van der Waals surface area contributed by atoms with Crippen molar-refractivity contribution in [3.8, 4) is 0 Å². The molecule has 0 aromatic carbocycles. The van der Waals surface area contributed by atoms with Crippen molar-refractivity contribution in [2.75, 3.05) is 19.6 Å². The number of rotatable bonds is 5. The summed E-state index contributed by atoms with van der Waals surface area (Å²) in [7, 11) is 0. The van der Waals surface area contributed by atoms with E-state index < -0.39 is 0 Å². The second-order valence-electron chi connectivity index (χ2n) is 6.37. The second-order valence-corrected chi connectivity index (χ2v) is 6.37. The number of nitrogens with zero attached hydrogens (tertiary/aromatic N) is 1. The van der Waals surface area contributed by atoms with Crippen molar-refractivity contribution in [3.63, 3.8) is 0 Å². The molecule has 2 fully saturated rings. The van der Waals surface area contributed by atoms with Crippen LogP contribution in [0.4, 0.5) is 0 Å². The molecule has 2 N–H and O–H groups in total. The average Bonchev–Trinajstić information content (AvgIpc) is 2.28. The van der Waals surface area contributed by atoms with E-state index in [9.17, 15) is 0 Å². The lowest BCUT2D eigenvalue weighted by Crippen LogP contribution is -2.48. The molecule has 0 aromatic rings. The first-order valence-corrected chi connectivity index (χ1v) is 7.68. The Hall–Kier alpha value is -0.0800. The molecule has 100 valence electrons. The van der Waals surface area contributed by atoms with Crippen molar-refractivity contribution in [1.29, 1.82) is 0 Å². The van der Waals surface area contributed by atoms with E-state index in [1.165, 1.54) is 51.6 Å². The van der Waals surface area contributed by atoms with Crippen LogP contribution in [0.2, 0.25) is 0 Å². The fraction of sp³-hybridized carbons (Fsp3) is 1.00. The van der Waals surface area contributed by atoms with E-state index in [0.717, 1.165) is 30.3 Å². The third kappa shape index (κ3) is 3.23. The fourth-order valence-corrected chi connectivity index (χ4v) is 3.64. The lowest BCUT2D eigenvalue weighted by atomic mass is 9.77. The first-order chi connectivity index (χ1) is 8.24. The van der Waals surface area contributed by atoms with Gasteiger partial charge in [-0.25, -0.2) is 0 Å². The van der Waals surface area contributed by atoms with Gasteiger partial charge in [0.25, 0.3) is 0 Å². The van der Waals surface area contributed by atoms with E-state index in [0.29, 0.717) is 0 Å². The molecule has 0 heterocycles. The van der Waals surface area contributed by atoms with E-state index in [1.54, 1.807) is 0 Å². The van der Waals surface area contributed by atoms with E-state index in [1.807, 2.05) is 0 Å². The highest BCUT2D eigenvalue weighted by atomic mass is 15.2. The van der Waals surface area contributed by atoms with Crippen molar-refractivity contribution in [2.24, 2.45) is 23.5 Å². The molecule has 0 aromatic heterocycles. The average molecular weight is 238 g/mol. The number of hydrogen-bond donors (Lipinski definition) is 1. The molecule has 2 rings (SSSR count). The summed E-state index contributed by atoms with van der Waals surface area (Å²) in [6, 6.07) is 0.773. The van der Waals surface area contributed by atoms with Gasteiger partial charge in [-0.05, 0) is 56.5 Å². The van der Waals surface area contributed by atoms with Crippen molar-refractivity contribution in [3.05, 3.63) is 0 Å². The predicted octanol–water partition coefficient (Wildman–Crippen LogP) is 2.87. The van der Waals surface area contributed by atoms with Crippen LogP contribution in [-0.2, 0) is 0 Å². The first-order valence-electron chi connectivity index (χ1n) is 7.68. The Kier molecular flexibility index (Phi) is 4.87. The largest absolute Gasteiger partial charge is 0.330 e. The molecule has 3 unspecified atom stereocenters. The molecular formula is C15H30N2. The minimum Gasteiger partial charge on any atom is -0.330 e. The van der Waals surface area contributed by atoms with Gasteiger partial charge in [-0.3, -0.25) is 0 Å². The zero-order valence-electron chi connectivity index (χ0n) is 11.7. The molecule has 17 heavy (non-hydrogen) atoms. The van der Waals surface area contributed by atoms with Gasteiger partial charge in [0.1, 0.15) is 0 Å². The van der Waals surface area contributed by atoms with Crippen LogP contribution in [0.15, 0.2) is 0 Å². The maximum absolute atomic E-state index is 5.98. The highest BCUT2D eigenvalue weighted by Gasteiger charge is 2.33. The van der Waals surface area contributed by atoms with Crippen molar-refractivity contribution >= 4 is 0 Å². The molecule has 2 heteroatoms. The normalized spacial score (nSPS) is 34.9. The number of hydrogen-bond acceptors (Lipinski definition) is 2. The summed E-state index contributed by atoms with van der Waals surface area (Å²) in [4.78, 5) is 2.75. The maximum Gasteiger partial charge on any atom is 0.0138 e. The van der Waals surface area contributed by atoms with Gasteiger partial charge < -0.3 is 10.6 Å². The van der Waals surface area contributed by atoms with Crippen molar-refractivity contribution in [1.82, 2.24) is 4.90 Å². The fourth-order valence-electron chi connectivity index (χ4n) is 3.64. The lowest BCUT2D eigenvalue weighted by molar-refractivity contribution is 0.0627. The third-order valence-corrected chi connectivity index (χ3v) is 5.11. The molecule has 3 atom stereocenters. The van der Waals surface area contributed by atoms with Gasteiger partial charge in [0, 0.05) is 12.6 Å². The standard InChI is InChI=1S/C15H30N2/c1-3-17(11-13-5-4-6-13)15-9-12(2)7-8-14(15)10-16/h12-15H,3-11,16H2,1-2H3. The maximum atomic E-state index is 5.98. The van der Waals surface area contributed by atoms with Gasteiger partial charge in [-0.2, -0.15) is 0 Å². The molecule has 2 aliphatic carbocycles. The zero-order valence-corrected chi connectivity index (χ0v) is 11.7. The van der Waals surface area contributed by atoms with Gasteiger partial charge >= 0.3 is 0 Å². The predicted molar refractivity (Wildman–Crippen MR) is 73.9 cm³/mol. The SMILES string of the molecule is CCN(CC1CCC1)C1CC(C)CCC1CN. The van der Waals surface area contributed by atoms with Crippen LogP contribution < -0.4 is 5.73 Å². The van der Waals surface area contributed by atoms with Crippen LogP contribution in [0.3, 0.4) is 0 Å². The van der Waals surface area contributed by atoms with Gasteiger partial charge in [0.15, 0.2) is 0 Å². The Morgan fingerprint density at radius 1 is 1.18 bits per heavy atom. The van der Waals surface area contributed by atoms with Gasteiger partial charge in [0.05, 0.1) is 0 Å². The van der Waals surface area contributed by atoms with E-state index in [4.69, 9.17) is 5.73 Å². The molecule has 2 nitrogen and oxygen atoms in total. The molecule has 0 amide bonds. The second kappa shape index (κ2) is 6.19. The third-order valence-electron chi connectivity index (χ3n) is 5.11. The van der Waals surface area contributed by atoms with Crippen molar-refractivity contribution in [2.45, 2.75) is 58.4 Å². The van der Waals surface area contributed by atoms with Crippen molar-refractivity contribution < 1.29 is 0 Å². The summed E-state index contributed by atoms with van der Waals surface area (Å²) in [6.45, 7) is 8.18. The summed E-state index contributed by atoms with van der Waals surface area (Å²) in [5, 5.41) is 0. The van der Waals surface area contributed by atoms with E-state index in [-0.39, 0.29) is 0 Å². The quantitative estimate of drug-likeness (QED) is 0.798. The summed E-state index contributed by atoms with van der Waals surface area (Å²) < 4.78 is 0. The van der Waals surface area contributed by atoms with E-state index in [2.05, 4.69) is 18.7 Å². The van der Waals surface area contributed by atoms with Gasteiger partial charge in [-0.15, -0.1) is 0 Å². The Labute approximate surface area is 107 Å². The summed E-state index contributed by atoms with van der Waals surface area (Å²) in [5.41, 5.74) is 5.98. The summed E-state index contributed by atoms with van der Waals surface area (Å²) in [5.74, 6) is 2.65. The monoisotopic (exact) mass is 238 g/mol. The highest BCUT2D eigenvalue weighted by molar-refractivity contribution is 4.87. The van der Waals surface area contributed by atoms with Crippen LogP contribution in [0.5, 0.6) is 0 Å². The van der Waals surface area contributed by atoms with E-state index >= 15 is 0 Å². The highest BCUT2D eigenvalue weighted by Crippen LogP contribution is 2.34. The molecule has 0 spiro atoms. The first kappa shape index (κ1) is 13.4. The Morgan fingerprint density at radius 2 is 1.94 bits per heavy atom. The van der Waals surface area contributed by atoms with Crippen LogP contribution in [0.25, 0.3) is 0 Å². The van der Waals surface area contributed by atoms with Gasteiger partial charge in [-0.1, -0.05) is 26.7 Å². The molecule has 0 bridgehead atoms. The number of nitrogens with two attached hydrogens (primary N) is 1. The Morgan fingerprint density at radius 3 is 2.47 bits per heavy atom. The minimum atomic E-state index is 0.756. The van der Waals surface area contributed by atoms with Crippen LogP contribution >= 0.6 is 0 Å². The molecule has 2 saturated carbocycles. The summed E-state index contributed by atoms with van der Waals surface area (Å²) >= 11 is 0. The topological polar surface area (TPSA) is 29.3 Å². The molecule has 0 saturated heterocycles. The van der Waals surface area contributed by atoms with Crippen LogP contribution in [0.1, 0.15) is 52.4 Å². The minimum absolute atomic E-state index is 0.756. The van der Waals surface area contributed by atoms with Gasteiger partial charge in [0.2, 0.25) is 0 Å². The molecule has 0 aliphatic heterocycles. The lowest BCUT2D eigenvalue weighted by Gasteiger charge is -2.44. The smallest absolute Gasteiger partial charge is 0.0138 e. The Bertz CT molecular complexity index is 225. The molecule has 2 aliphatic rings. The van der Waals surface area contributed by atoms with Crippen LogP contribution in [0, 0.1) is 17.8 Å². The summed E-state index contributed by atoms with van der Waals surface area (Å²) in [6.07, 6.45) is 8.51.